The second-order valence-corrected chi connectivity index (χ2v) is 5.60. The van der Waals surface area contributed by atoms with E-state index in [0.29, 0.717) is 17.1 Å². The van der Waals surface area contributed by atoms with E-state index in [4.69, 9.17) is 4.98 Å². The minimum absolute atomic E-state index is 0.132. The van der Waals surface area contributed by atoms with Crippen molar-refractivity contribution in [3.8, 4) is 11.3 Å². The number of carbonyl (C=O) groups is 1. The Morgan fingerprint density at radius 2 is 1.75 bits per heavy atom. The van der Waals surface area contributed by atoms with Crippen molar-refractivity contribution in [2.24, 2.45) is 0 Å². The van der Waals surface area contributed by atoms with Crippen molar-refractivity contribution < 1.29 is 4.79 Å². The van der Waals surface area contributed by atoms with Crippen molar-refractivity contribution in [3.63, 3.8) is 0 Å². The molecule has 0 radical (unpaired) electrons. The van der Waals surface area contributed by atoms with Crippen LogP contribution in [0.3, 0.4) is 0 Å². The van der Waals surface area contributed by atoms with E-state index in [-0.39, 0.29) is 5.78 Å². The van der Waals surface area contributed by atoms with E-state index in [1.807, 2.05) is 66.1 Å². The highest BCUT2D eigenvalue weighted by atomic mass is 16.1. The Morgan fingerprint density at radius 3 is 2.50 bits per heavy atom. The zero-order valence-corrected chi connectivity index (χ0v) is 13.2. The summed E-state index contributed by atoms with van der Waals surface area (Å²) in [4.78, 5) is 22.1. The van der Waals surface area contributed by atoms with E-state index in [9.17, 15) is 4.79 Å². The molecule has 4 aromatic rings. The molecule has 116 valence electrons. The van der Waals surface area contributed by atoms with Gasteiger partial charge < -0.3 is 0 Å². The van der Waals surface area contributed by atoms with Gasteiger partial charge in [0, 0.05) is 18.0 Å². The summed E-state index contributed by atoms with van der Waals surface area (Å²) in [5, 5.41) is 0. The number of hydrogen-bond acceptors (Lipinski definition) is 3. The van der Waals surface area contributed by atoms with Crippen LogP contribution in [0.4, 0.5) is 0 Å². The van der Waals surface area contributed by atoms with E-state index < -0.39 is 0 Å². The van der Waals surface area contributed by atoms with Gasteiger partial charge in [-0.15, -0.1) is 0 Å². The molecule has 24 heavy (non-hydrogen) atoms. The Labute approximate surface area is 139 Å². The van der Waals surface area contributed by atoms with Gasteiger partial charge in [0.25, 0.3) is 0 Å². The number of hydrogen-bond donors (Lipinski definition) is 0. The number of nitrogens with zero attached hydrogens (tertiary/aromatic N) is 3. The maximum atomic E-state index is 13.1. The summed E-state index contributed by atoms with van der Waals surface area (Å²) in [6.07, 6.45) is 3.50. The van der Waals surface area contributed by atoms with Crippen LogP contribution in [0.15, 0.2) is 73.1 Å². The first-order valence-corrected chi connectivity index (χ1v) is 7.74. The Bertz CT molecular complexity index is 1020. The molecule has 4 rings (SSSR count). The van der Waals surface area contributed by atoms with Crippen LogP contribution in [0.25, 0.3) is 16.9 Å². The third kappa shape index (κ3) is 2.29. The van der Waals surface area contributed by atoms with Crippen LogP contribution >= 0.6 is 0 Å². The summed E-state index contributed by atoms with van der Waals surface area (Å²) >= 11 is 0. The minimum atomic E-state index is -0.132. The van der Waals surface area contributed by atoms with Crippen molar-refractivity contribution in [1.82, 2.24) is 14.4 Å². The zero-order chi connectivity index (χ0) is 16.5. The molecule has 0 aliphatic rings. The number of rotatable bonds is 3. The molecule has 0 aliphatic carbocycles. The molecule has 0 atom stereocenters. The molecule has 0 unspecified atom stereocenters. The van der Waals surface area contributed by atoms with Crippen LogP contribution in [-0.2, 0) is 0 Å². The molecule has 0 aliphatic heterocycles. The lowest BCUT2D eigenvalue weighted by atomic mass is 10.1. The van der Waals surface area contributed by atoms with Crippen LogP contribution < -0.4 is 0 Å². The first-order chi connectivity index (χ1) is 11.8. The van der Waals surface area contributed by atoms with Gasteiger partial charge in [0.2, 0.25) is 5.78 Å². The SMILES string of the molecule is Cc1cccn2c(C(=O)c3ccccn3)c(-c3ccccc3)nc12. The van der Waals surface area contributed by atoms with Crippen molar-refractivity contribution in [2.45, 2.75) is 6.92 Å². The fraction of sp³-hybridized carbons (Fsp3) is 0.0500. The van der Waals surface area contributed by atoms with Crippen LogP contribution in [0.5, 0.6) is 0 Å². The Hall–Kier alpha value is -3.27. The summed E-state index contributed by atoms with van der Waals surface area (Å²) in [7, 11) is 0. The summed E-state index contributed by atoms with van der Waals surface area (Å²) < 4.78 is 1.86. The topological polar surface area (TPSA) is 47.3 Å². The van der Waals surface area contributed by atoms with Crippen LogP contribution in [0, 0.1) is 6.92 Å². The minimum Gasteiger partial charge on any atom is -0.296 e. The van der Waals surface area contributed by atoms with Crippen LogP contribution in [0.1, 0.15) is 21.7 Å². The molecule has 0 spiro atoms. The van der Waals surface area contributed by atoms with Gasteiger partial charge in [-0.25, -0.2) is 4.98 Å². The van der Waals surface area contributed by atoms with Crippen LogP contribution in [-0.4, -0.2) is 20.2 Å². The fourth-order valence-corrected chi connectivity index (χ4v) is 2.84. The second-order valence-electron chi connectivity index (χ2n) is 5.60. The van der Waals surface area contributed by atoms with Crippen LogP contribution in [0.2, 0.25) is 0 Å². The van der Waals surface area contributed by atoms with E-state index in [1.54, 1.807) is 18.3 Å². The van der Waals surface area contributed by atoms with E-state index in [2.05, 4.69) is 4.98 Å². The van der Waals surface area contributed by atoms with Crippen molar-refractivity contribution in [2.75, 3.05) is 0 Å². The number of ketones is 1. The average Bonchev–Trinajstić information content (AvgIpc) is 3.03. The zero-order valence-electron chi connectivity index (χ0n) is 13.2. The summed E-state index contributed by atoms with van der Waals surface area (Å²) in [6.45, 7) is 1.99. The Balaban J connectivity index is 2.02. The monoisotopic (exact) mass is 313 g/mol. The highest BCUT2D eigenvalue weighted by molar-refractivity contribution is 6.10. The van der Waals surface area contributed by atoms with Gasteiger partial charge in [-0.3, -0.25) is 14.2 Å². The van der Waals surface area contributed by atoms with E-state index in [1.165, 1.54) is 0 Å². The molecule has 0 saturated heterocycles. The quantitative estimate of drug-likeness (QED) is 0.538. The highest BCUT2D eigenvalue weighted by Crippen LogP contribution is 2.27. The fourth-order valence-electron chi connectivity index (χ4n) is 2.84. The predicted octanol–water partition coefficient (Wildman–Crippen LogP) is 3.94. The largest absolute Gasteiger partial charge is 0.296 e. The summed E-state index contributed by atoms with van der Waals surface area (Å²) in [5.41, 5.74) is 4.36. The van der Waals surface area contributed by atoms with E-state index in [0.717, 1.165) is 16.8 Å². The lowest BCUT2D eigenvalue weighted by Gasteiger charge is -2.04. The molecule has 3 heterocycles. The Kier molecular flexibility index (Phi) is 3.43. The lowest BCUT2D eigenvalue weighted by Crippen LogP contribution is -2.08. The molecule has 0 bridgehead atoms. The molecule has 0 N–H and O–H groups in total. The van der Waals surface area contributed by atoms with E-state index >= 15 is 0 Å². The average molecular weight is 313 g/mol. The Morgan fingerprint density at radius 1 is 0.958 bits per heavy atom. The third-order valence-electron chi connectivity index (χ3n) is 4.01. The molecule has 0 fully saturated rings. The number of aromatic nitrogens is 3. The first-order valence-electron chi connectivity index (χ1n) is 7.74. The molecule has 4 heteroatoms. The van der Waals surface area contributed by atoms with Crippen molar-refractivity contribution >= 4 is 11.4 Å². The lowest BCUT2D eigenvalue weighted by molar-refractivity contribution is 0.102. The van der Waals surface area contributed by atoms with Gasteiger partial charge >= 0.3 is 0 Å². The smallest absolute Gasteiger partial charge is 0.230 e. The second kappa shape index (κ2) is 5.74. The van der Waals surface area contributed by atoms with Gasteiger partial charge in [0.15, 0.2) is 0 Å². The number of pyridine rings is 2. The molecule has 3 aromatic heterocycles. The highest BCUT2D eigenvalue weighted by Gasteiger charge is 2.23. The van der Waals surface area contributed by atoms with Crippen molar-refractivity contribution in [1.29, 1.82) is 0 Å². The maximum Gasteiger partial charge on any atom is 0.230 e. The number of aryl methyl sites for hydroxylation is 1. The van der Waals surface area contributed by atoms with Gasteiger partial charge in [0.1, 0.15) is 22.7 Å². The van der Waals surface area contributed by atoms with Gasteiger partial charge in [-0.2, -0.15) is 0 Å². The van der Waals surface area contributed by atoms with Gasteiger partial charge in [0.05, 0.1) is 0 Å². The molecule has 4 nitrogen and oxygen atoms in total. The standard InChI is InChI=1S/C20H15N3O/c1-14-8-7-13-23-18(19(24)16-11-5-6-12-21-16)17(22-20(14)23)15-9-3-2-4-10-15/h2-13H,1H3. The summed E-state index contributed by atoms with van der Waals surface area (Å²) in [5.74, 6) is -0.132. The molecular weight excluding hydrogens is 298 g/mol. The number of fused-ring (bicyclic) bond motifs is 1. The van der Waals surface area contributed by atoms with Gasteiger partial charge in [-0.05, 0) is 30.7 Å². The molecule has 0 saturated carbocycles. The molecule has 1 aromatic carbocycles. The number of imidazole rings is 1. The maximum absolute atomic E-state index is 13.1. The normalized spacial score (nSPS) is 10.9. The van der Waals surface area contributed by atoms with Crippen molar-refractivity contribution in [3.05, 3.63) is 90.0 Å². The number of benzene rings is 1. The molecular formula is C20H15N3O. The first kappa shape index (κ1) is 14.3. The number of carbonyl (C=O) groups excluding carboxylic acids is 1. The van der Waals surface area contributed by atoms with Gasteiger partial charge in [-0.1, -0.05) is 42.5 Å². The third-order valence-corrected chi connectivity index (χ3v) is 4.01. The predicted molar refractivity (Wildman–Crippen MR) is 93.0 cm³/mol. The molecule has 0 amide bonds. The summed E-state index contributed by atoms with van der Waals surface area (Å²) in [6, 6.07) is 19.0.